The third kappa shape index (κ3) is 5.11. The largest absolute Gasteiger partial charge is 0.471 e. The van der Waals surface area contributed by atoms with E-state index in [-0.39, 0.29) is 42.0 Å². The molecule has 2 amide bonds. The van der Waals surface area contributed by atoms with E-state index in [4.69, 9.17) is 4.42 Å². The van der Waals surface area contributed by atoms with Crippen LogP contribution in [0, 0.1) is 6.92 Å². The minimum Gasteiger partial charge on any atom is -0.456 e. The molecule has 1 aliphatic carbocycles. The number of hydrogen-bond acceptors (Lipinski definition) is 3. The Morgan fingerprint density at radius 3 is 2.34 bits per heavy atom. The lowest BCUT2D eigenvalue weighted by molar-refractivity contribution is -0.174. The number of amides is 2. The Kier molecular flexibility index (Phi) is 6.31. The van der Waals surface area contributed by atoms with Gasteiger partial charge in [0.2, 0.25) is 0 Å². The molecule has 35 heavy (non-hydrogen) atoms. The van der Waals surface area contributed by atoms with Crippen LogP contribution in [0.4, 0.5) is 13.2 Å². The van der Waals surface area contributed by atoms with Crippen molar-refractivity contribution in [1.29, 1.82) is 0 Å². The van der Waals surface area contributed by atoms with Crippen LogP contribution in [0.1, 0.15) is 85.5 Å². The molecule has 1 unspecified atom stereocenters. The first-order valence-electron chi connectivity index (χ1n) is 12.1. The van der Waals surface area contributed by atoms with Crippen molar-refractivity contribution in [3.8, 4) is 0 Å². The molecule has 1 aromatic carbocycles. The van der Waals surface area contributed by atoms with Gasteiger partial charge in [-0.3, -0.25) is 9.59 Å². The van der Waals surface area contributed by atoms with Gasteiger partial charge < -0.3 is 14.6 Å². The highest BCUT2D eigenvalue weighted by Crippen LogP contribution is 2.46. The molecule has 0 saturated carbocycles. The molecule has 0 bridgehead atoms. The first-order valence-corrected chi connectivity index (χ1v) is 12.1. The SMILES string of the molecule is Cc1cc2c(cc1Cc1ccc(C(=O)N3CCC(NC(=O)C(F)(F)F)C3)o1)C(C)(C)CCC2(C)C. The lowest BCUT2D eigenvalue weighted by atomic mass is 9.62. The van der Waals surface area contributed by atoms with Gasteiger partial charge >= 0.3 is 12.1 Å². The van der Waals surface area contributed by atoms with Crippen molar-refractivity contribution < 1.29 is 27.2 Å². The van der Waals surface area contributed by atoms with Gasteiger partial charge in [-0.05, 0) is 71.4 Å². The van der Waals surface area contributed by atoms with E-state index in [1.54, 1.807) is 12.1 Å². The second-order valence-electron chi connectivity index (χ2n) is 11.2. The second-order valence-corrected chi connectivity index (χ2v) is 11.2. The van der Waals surface area contributed by atoms with Crippen LogP contribution in [0.2, 0.25) is 0 Å². The molecule has 190 valence electrons. The van der Waals surface area contributed by atoms with Gasteiger partial charge in [-0.25, -0.2) is 0 Å². The summed E-state index contributed by atoms with van der Waals surface area (Å²) < 4.78 is 43.4. The van der Waals surface area contributed by atoms with Gasteiger partial charge in [-0.15, -0.1) is 0 Å². The zero-order chi connectivity index (χ0) is 25.8. The lowest BCUT2D eigenvalue weighted by Gasteiger charge is -2.42. The van der Waals surface area contributed by atoms with Crippen molar-refractivity contribution in [2.75, 3.05) is 13.1 Å². The zero-order valence-electron chi connectivity index (χ0n) is 20.9. The van der Waals surface area contributed by atoms with Gasteiger partial charge in [0.1, 0.15) is 5.76 Å². The van der Waals surface area contributed by atoms with Gasteiger partial charge in [-0.1, -0.05) is 39.8 Å². The molecule has 4 rings (SSSR count). The van der Waals surface area contributed by atoms with Crippen molar-refractivity contribution in [2.24, 2.45) is 0 Å². The molecule has 2 aliphatic rings. The van der Waals surface area contributed by atoms with Crippen LogP contribution in [0.15, 0.2) is 28.7 Å². The van der Waals surface area contributed by atoms with Gasteiger partial charge in [0.25, 0.3) is 5.91 Å². The van der Waals surface area contributed by atoms with Crippen LogP contribution < -0.4 is 5.32 Å². The number of fused-ring (bicyclic) bond motifs is 1. The summed E-state index contributed by atoms with van der Waals surface area (Å²) in [4.78, 5) is 25.4. The average molecular weight is 491 g/mol. The first kappa shape index (κ1) is 25.3. The van der Waals surface area contributed by atoms with Gasteiger partial charge in [0, 0.05) is 25.6 Å². The molecule has 1 N–H and O–H groups in total. The maximum Gasteiger partial charge on any atom is 0.471 e. The van der Waals surface area contributed by atoms with Crippen LogP contribution in [-0.4, -0.2) is 42.0 Å². The van der Waals surface area contributed by atoms with Crippen LogP contribution in [0.25, 0.3) is 0 Å². The summed E-state index contributed by atoms with van der Waals surface area (Å²) in [5.41, 5.74) is 5.31. The molecular formula is C27H33F3N2O3. The topological polar surface area (TPSA) is 62.6 Å². The second kappa shape index (κ2) is 8.71. The summed E-state index contributed by atoms with van der Waals surface area (Å²) in [6, 6.07) is 7.23. The van der Waals surface area contributed by atoms with Gasteiger partial charge in [-0.2, -0.15) is 13.2 Å². The van der Waals surface area contributed by atoms with Crippen LogP contribution in [0.3, 0.4) is 0 Å². The number of furan rings is 1. The first-order chi connectivity index (χ1) is 16.2. The molecule has 2 heterocycles. The van der Waals surface area contributed by atoms with Crippen molar-refractivity contribution in [1.82, 2.24) is 10.2 Å². The maximum atomic E-state index is 12.9. The Hall–Kier alpha value is -2.77. The molecule has 1 aromatic heterocycles. The normalized spacial score (nSPS) is 21.0. The summed E-state index contributed by atoms with van der Waals surface area (Å²) >= 11 is 0. The quantitative estimate of drug-likeness (QED) is 0.623. The van der Waals surface area contributed by atoms with E-state index < -0.39 is 18.1 Å². The Morgan fingerprint density at radius 1 is 1.09 bits per heavy atom. The molecule has 2 aromatic rings. The Balaban J connectivity index is 1.46. The van der Waals surface area contributed by atoms with E-state index in [1.165, 1.54) is 21.6 Å². The predicted octanol–water partition coefficient (Wildman–Crippen LogP) is 5.42. The number of nitrogens with one attached hydrogen (secondary N) is 1. The standard InChI is InChI=1S/C27H33F3N2O3/c1-16-12-20-21(26(4,5)10-9-25(20,2)3)14-17(16)13-19-6-7-22(35-19)23(33)32-11-8-18(15-32)31-24(34)27(28,29)30/h6-7,12,14,18H,8-11,13,15H2,1-5H3,(H,31,34). The van der Waals surface area contributed by atoms with Crippen molar-refractivity contribution in [2.45, 2.75) is 83.4 Å². The Morgan fingerprint density at radius 2 is 1.71 bits per heavy atom. The summed E-state index contributed by atoms with van der Waals surface area (Å²) in [5.74, 6) is -1.56. The average Bonchev–Trinajstić information content (AvgIpc) is 3.41. The van der Waals surface area contributed by atoms with Gasteiger partial charge in [0.15, 0.2) is 5.76 Å². The number of alkyl halides is 3. The summed E-state index contributed by atoms with van der Waals surface area (Å²) in [7, 11) is 0. The zero-order valence-corrected chi connectivity index (χ0v) is 20.9. The summed E-state index contributed by atoms with van der Waals surface area (Å²) in [6.45, 7) is 11.5. The number of likely N-dealkylation sites (tertiary alicyclic amines) is 1. The number of aryl methyl sites for hydroxylation is 1. The van der Waals surface area contributed by atoms with E-state index in [0.717, 1.165) is 18.4 Å². The van der Waals surface area contributed by atoms with Crippen molar-refractivity contribution >= 4 is 11.8 Å². The van der Waals surface area contributed by atoms with Crippen LogP contribution in [-0.2, 0) is 22.0 Å². The fourth-order valence-corrected chi connectivity index (χ4v) is 5.22. The van der Waals surface area contributed by atoms with E-state index in [0.29, 0.717) is 12.2 Å². The fourth-order valence-electron chi connectivity index (χ4n) is 5.22. The Labute approximate surface area is 204 Å². The van der Waals surface area contributed by atoms with Crippen LogP contribution in [0.5, 0.6) is 0 Å². The van der Waals surface area contributed by atoms with E-state index in [1.807, 2.05) is 5.32 Å². The smallest absolute Gasteiger partial charge is 0.456 e. The van der Waals surface area contributed by atoms with E-state index in [2.05, 4.69) is 46.8 Å². The fraction of sp³-hybridized carbons (Fsp3) is 0.556. The molecule has 1 fully saturated rings. The summed E-state index contributed by atoms with van der Waals surface area (Å²) in [5, 5.41) is 1.95. The highest BCUT2D eigenvalue weighted by atomic mass is 19.4. The van der Waals surface area contributed by atoms with Gasteiger partial charge in [0.05, 0.1) is 0 Å². The Bertz CT molecular complexity index is 1150. The molecule has 1 saturated heterocycles. The maximum absolute atomic E-state index is 12.9. The highest BCUT2D eigenvalue weighted by molar-refractivity contribution is 5.92. The van der Waals surface area contributed by atoms with Crippen molar-refractivity contribution in [3.63, 3.8) is 0 Å². The molecule has 1 atom stereocenters. The number of benzene rings is 1. The number of rotatable bonds is 4. The molecular weight excluding hydrogens is 457 g/mol. The number of carbonyl (C=O) groups excluding carboxylic acids is 2. The highest BCUT2D eigenvalue weighted by Gasteiger charge is 2.41. The predicted molar refractivity (Wildman–Crippen MR) is 126 cm³/mol. The van der Waals surface area contributed by atoms with Crippen LogP contribution >= 0.6 is 0 Å². The molecule has 0 spiro atoms. The number of carbonyl (C=O) groups is 2. The molecule has 1 aliphatic heterocycles. The molecule has 0 radical (unpaired) electrons. The van der Waals surface area contributed by atoms with Crippen molar-refractivity contribution in [3.05, 3.63) is 58.0 Å². The number of nitrogens with zero attached hydrogens (tertiary/aromatic N) is 1. The minimum absolute atomic E-state index is 0.0193. The monoisotopic (exact) mass is 490 g/mol. The number of hydrogen-bond donors (Lipinski definition) is 1. The van der Waals surface area contributed by atoms with E-state index >= 15 is 0 Å². The minimum atomic E-state index is -4.94. The summed E-state index contributed by atoms with van der Waals surface area (Å²) in [6.07, 6.45) is -1.86. The third-order valence-corrected chi connectivity index (χ3v) is 7.61. The lowest BCUT2D eigenvalue weighted by Crippen LogP contribution is -2.44. The molecule has 8 heteroatoms. The van der Waals surface area contributed by atoms with E-state index in [9.17, 15) is 22.8 Å². The number of halogens is 3. The third-order valence-electron chi connectivity index (χ3n) is 7.61. The molecule has 5 nitrogen and oxygen atoms in total.